The average Bonchev–Trinajstić information content (AvgIpc) is 3.25. The van der Waals surface area contributed by atoms with Crippen molar-refractivity contribution in [2.24, 2.45) is 5.10 Å². The van der Waals surface area contributed by atoms with Crippen molar-refractivity contribution in [1.29, 1.82) is 0 Å². The topological polar surface area (TPSA) is 76.5 Å². The Bertz CT molecular complexity index is 1010. The van der Waals surface area contributed by atoms with E-state index in [1.54, 1.807) is 24.9 Å². The van der Waals surface area contributed by atoms with Gasteiger partial charge in [0.05, 0.1) is 12.9 Å². The van der Waals surface area contributed by atoms with Crippen molar-refractivity contribution in [3.05, 3.63) is 71.8 Å². The summed E-state index contributed by atoms with van der Waals surface area (Å²) in [6, 6.07) is 17.9. The summed E-state index contributed by atoms with van der Waals surface area (Å²) in [5, 5.41) is 12.2. The molecule has 9 heteroatoms. The van der Waals surface area contributed by atoms with Gasteiger partial charge in [-0.25, -0.2) is 5.43 Å². The van der Waals surface area contributed by atoms with Crippen molar-refractivity contribution >= 4 is 53.1 Å². The maximum absolute atomic E-state index is 11.9. The summed E-state index contributed by atoms with van der Waals surface area (Å²) in [7, 11) is 1.63. The number of para-hydroxylation sites is 1. The molecule has 0 aliphatic rings. The first-order chi connectivity index (χ1) is 14.7. The highest BCUT2D eigenvalue weighted by Crippen LogP contribution is 2.30. The molecule has 1 amide bonds. The number of thioether (sulfide) groups is 2. The highest BCUT2D eigenvalue weighted by molar-refractivity contribution is 8.03. The fraction of sp³-hybridized carbons (Fsp3) is 0.143. The molecule has 0 fully saturated rings. The van der Waals surface area contributed by atoms with Crippen LogP contribution in [0, 0.1) is 0 Å². The molecular weight excluding hydrogens is 436 g/mol. The van der Waals surface area contributed by atoms with Gasteiger partial charge in [-0.2, -0.15) is 5.10 Å². The number of hydrogen-bond acceptors (Lipinski definition) is 8. The lowest BCUT2D eigenvalue weighted by Gasteiger charge is -2.02. The fourth-order valence-electron chi connectivity index (χ4n) is 2.30. The summed E-state index contributed by atoms with van der Waals surface area (Å²) < 4.78 is 6.93. The van der Waals surface area contributed by atoms with Crippen LogP contribution in [0.15, 0.2) is 74.5 Å². The van der Waals surface area contributed by atoms with Crippen LogP contribution in [-0.2, 0) is 10.5 Å². The summed E-state index contributed by atoms with van der Waals surface area (Å²) in [6.45, 7) is 0. The van der Waals surface area contributed by atoms with Crippen molar-refractivity contribution in [3.8, 4) is 5.75 Å². The Morgan fingerprint density at radius 3 is 2.63 bits per heavy atom. The van der Waals surface area contributed by atoms with E-state index >= 15 is 0 Å². The van der Waals surface area contributed by atoms with Crippen molar-refractivity contribution < 1.29 is 9.53 Å². The van der Waals surface area contributed by atoms with Gasteiger partial charge in [0.15, 0.2) is 8.68 Å². The minimum Gasteiger partial charge on any atom is -0.496 e. The zero-order valence-electron chi connectivity index (χ0n) is 16.2. The monoisotopic (exact) mass is 456 g/mol. The van der Waals surface area contributed by atoms with E-state index < -0.39 is 0 Å². The van der Waals surface area contributed by atoms with Crippen LogP contribution >= 0.6 is 34.9 Å². The summed E-state index contributed by atoms with van der Waals surface area (Å²) in [5.41, 5.74) is 4.68. The van der Waals surface area contributed by atoms with E-state index in [-0.39, 0.29) is 11.7 Å². The molecule has 0 saturated heterocycles. The summed E-state index contributed by atoms with van der Waals surface area (Å²) in [5.74, 6) is 1.65. The molecule has 0 aliphatic heterocycles. The molecular formula is C21H20N4O2S3. The number of allylic oxidation sites excluding steroid dienone is 1. The highest BCUT2D eigenvalue weighted by atomic mass is 32.2. The van der Waals surface area contributed by atoms with E-state index in [1.165, 1.54) is 34.9 Å². The van der Waals surface area contributed by atoms with Crippen LogP contribution in [0.1, 0.15) is 11.1 Å². The number of nitrogens with one attached hydrogen (secondary N) is 1. The molecule has 0 spiro atoms. The third kappa shape index (κ3) is 7.33. The van der Waals surface area contributed by atoms with Crippen LogP contribution < -0.4 is 10.2 Å². The SMILES string of the molecule is COc1ccccc1/C=C/C=N/NC(=O)CSc1nnc(SCc2ccccc2)s1. The van der Waals surface area contributed by atoms with E-state index in [2.05, 4.69) is 32.9 Å². The summed E-state index contributed by atoms with van der Waals surface area (Å²) in [4.78, 5) is 11.9. The van der Waals surface area contributed by atoms with Crippen molar-refractivity contribution in [3.63, 3.8) is 0 Å². The lowest BCUT2D eigenvalue weighted by Crippen LogP contribution is -2.19. The average molecular weight is 457 g/mol. The predicted molar refractivity (Wildman–Crippen MR) is 125 cm³/mol. The maximum atomic E-state index is 11.9. The Balaban J connectivity index is 1.38. The molecule has 3 rings (SSSR count). The smallest absolute Gasteiger partial charge is 0.250 e. The van der Waals surface area contributed by atoms with Gasteiger partial charge in [-0.05, 0) is 23.8 Å². The van der Waals surface area contributed by atoms with Gasteiger partial charge in [0, 0.05) is 17.5 Å². The van der Waals surface area contributed by atoms with Gasteiger partial charge < -0.3 is 4.74 Å². The first-order valence-corrected chi connectivity index (χ1v) is 11.8. The number of carbonyl (C=O) groups excluding carboxylic acids is 1. The molecule has 30 heavy (non-hydrogen) atoms. The van der Waals surface area contributed by atoms with Gasteiger partial charge in [-0.15, -0.1) is 10.2 Å². The molecule has 1 aromatic heterocycles. The molecule has 1 N–H and O–H groups in total. The van der Waals surface area contributed by atoms with Crippen molar-refractivity contribution in [2.75, 3.05) is 12.9 Å². The number of rotatable bonds is 10. The Kier molecular flexibility index (Phi) is 8.95. The number of hydrogen-bond donors (Lipinski definition) is 1. The highest BCUT2D eigenvalue weighted by Gasteiger charge is 2.08. The fourth-order valence-corrected chi connectivity index (χ4v) is 5.06. The van der Waals surface area contributed by atoms with Gasteiger partial charge in [0.2, 0.25) is 0 Å². The second-order valence-electron chi connectivity index (χ2n) is 5.81. The number of nitrogens with zero attached hydrogens (tertiary/aromatic N) is 3. The van der Waals surface area contributed by atoms with Gasteiger partial charge in [-0.3, -0.25) is 4.79 Å². The minimum atomic E-state index is -0.198. The normalized spacial score (nSPS) is 11.2. The number of ether oxygens (including phenoxy) is 1. The first kappa shape index (κ1) is 22.1. The lowest BCUT2D eigenvalue weighted by molar-refractivity contribution is -0.118. The van der Waals surface area contributed by atoms with E-state index in [0.717, 1.165) is 25.7 Å². The van der Waals surface area contributed by atoms with Crippen molar-refractivity contribution in [1.82, 2.24) is 15.6 Å². The van der Waals surface area contributed by atoms with E-state index in [0.29, 0.717) is 0 Å². The van der Waals surface area contributed by atoms with Crippen LogP contribution in [0.25, 0.3) is 6.08 Å². The molecule has 154 valence electrons. The second-order valence-corrected chi connectivity index (χ2v) is 9.23. The number of methoxy groups -OCH3 is 1. The number of hydrazone groups is 1. The lowest BCUT2D eigenvalue weighted by atomic mass is 10.2. The van der Waals surface area contributed by atoms with E-state index in [1.807, 2.05) is 48.5 Å². The van der Waals surface area contributed by atoms with Crippen LogP contribution in [0.3, 0.4) is 0 Å². The van der Waals surface area contributed by atoms with Gasteiger partial charge in [-0.1, -0.05) is 83.4 Å². The molecule has 0 saturated carbocycles. The van der Waals surface area contributed by atoms with E-state index in [9.17, 15) is 4.79 Å². The molecule has 2 aromatic carbocycles. The standard InChI is InChI=1S/C21H20N4O2S3/c1-27-18-12-6-5-10-17(18)11-7-13-22-23-19(26)15-29-21-25-24-20(30-21)28-14-16-8-3-2-4-9-16/h2-13H,14-15H2,1H3,(H,23,26)/b11-7+,22-13+. The maximum Gasteiger partial charge on any atom is 0.250 e. The van der Waals surface area contributed by atoms with Gasteiger partial charge in [0.25, 0.3) is 5.91 Å². The van der Waals surface area contributed by atoms with Gasteiger partial charge in [0.1, 0.15) is 5.75 Å². The molecule has 0 radical (unpaired) electrons. The van der Waals surface area contributed by atoms with Crippen LogP contribution in [-0.4, -0.2) is 35.2 Å². The van der Waals surface area contributed by atoms with Crippen LogP contribution in [0.4, 0.5) is 0 Å². The molecule has 6 nitrogen and oxygen atoms in total. The number of amides is 1. The molecule has 3 aromatic rings. The van der Waals surface area contributed by atoms with E-state index in [4.69, 9.17) is 4.74 Å². The minimum absolute atomic E-state index is 0.198. The Morgan fingerprint density at radius 2 is 1.83 bits per heavy atom. The number of aromatic nitrogens is 2. The quantitative estimate of drug-likeness (QED) is 0.270. The summed E-state index contributed by atoms with van der Waals surface area (Å²) >= 11 is 4.48. The Hall–Kier alpha value is -2.62. The van der Waals surface area contributed by atoms with Crippen molar-refractivity contribution in [2.45, 2.75) is 14.4 Å². The predicted octanol–water partition coefficient (Wildman–Crippen LogP) is 4.75. The molecule has 0 atom stereocenters. The molecule has 0 aliphatic carbocycles. The second kappa shape index (κ2) is 12.2. The number of benzene rings is 2. The largest absolute Gasteiger partial charge is 0.496 e. The molecule has 0 bridgehead atoms. The third-order valence-electron chi connectivity index (χ3n) is 3.68. The zero-order valence-corrected chi connectivity index (χ0v) is 18.7. The Labute approximate surface area is 187 Å². The zero-order chi connectivity index (χ0) is 21.0. The first-order valence-electron chi connectivity index (χ1n) is 8.99. The third-order valence-corrected chi connectivity index (χ3v) is 6.95. The van der Waals surface area contributed by atoms with Gasteiger partial charge >= 0.3 is 0 Å². The Morgan fingerprint density at radius 1 is 1.10 bits per heavy atom. The van der Waals surface area contributed by atoms with Crippen LogP contribution in [0.5, 0.6) is 5.75 Å². The van der Waals surface area contributed by atoms with Crippen LogP contribution in [0.2, 0.25) is 0 Å². The summed E-state index contributed by atoms with van der Waals surface area (Å²) in [6.07, 6.45) is 5.13. The molecule has 1 heterocycles. The number of carbonyl (C=O) groups is 1. The molecule has 0 unspecified atom stereocenters.